The summed E-state index contributed by atoms with van der Waals surface area (Å²) in [5.41, 5.74) is 3.79. The number of carbonyl (C=O) groups excluding carboxylic acids is 1. The summed E-state index contributed by atoms with van der Waals surface area (Å²) in [5.74, 6) is -0.0227. The zero-order valence-electron chi connectivity index (χ0n) is 13.5. The number of amides is 1. The van der Waals surface area contributed by atoms with Gasteiger partial charge in [0.2, 0.25) is 5.91 Å². The van der Waals surface area contributed by atoms with Crippen LogP contribution in [-0.4, -0.2) is 24.4 Å². The summed E-state index contributed by atoms with van der Waals surface area (Å²) < 4.78 is 0. The van der Waals surface area contributed by atoms with E-state index < -0.39 is 0 Å². The van der Waals surface area contributed by atoms with Gasteiger partial charge in [-0.1, -0.05) is 29.8 Å². The van der Waals surface area contributed by atoms with Crippen LogP contribution in [0.5, 0.6) is 0 Å². The predicted octanol–water partition coefficient (Wildman–Crippen LogP) is 3.33. The van der Waals surface area contributed by atoms with Gasteiger partial charge in [0.05, 0.1) is 11.6 Å². The lowest BCUT2D eigenvalue weighted by molar-refractivity contribution is -0.116. The summed E-state index contributed by atoms with van der Waals surface area (Å²) in [4.78, 5) is 14.1. The second-order valence-electron chi connectivity index (χ2n) is 5.71. The molecule has 0 heterocycles. The van der Waals surface area contributed by atoms with Crippen molar-refractivity contribution in [1.82, 2.24) is 4.90 Å². The molecule has 0 atom stereocenters. The molecule has 2 aromatic rings. The summed E-state index contributed by atoms with van der Waals surface area (Å²) in [6.45, 7) is 3.58. The van der Waals surface area contributed by atoms with E-state index in [1.807, 2.05) is 7.05 Å². The molecular formula is C19H21N3O. The molecule has 118 valence electrons. The maximum Gasteiger partial charge on any atom is 0.225 e. The van der Waals surface area contributed by atoms with Gasteiger partial charge in [-0.05, 0) is 43.8 Å². The van der Waals surface area contributed by atoms with Gasteiger partial charge in [0, 0.05) is 25.2 Å². The molecule has 0 aliphatic heterocycles. The fourth-order valence-electron chi connectivity index (χ4n) is 2.23. The zero-order chi connectivity index (χ0) is 16.7. The third-order valence-corrected chi connectivity index (χ3v) is 3.59. The number of rotatable bonds is 6. The maximum atomic E-state index is 12.0. The van der Waals surface area contributed by atoms with Crippen molar-refractivity contribution in [1.29, 1.82) is 5.26 Å². The van der Waals surface area contributed by atoms with Crippen molar-refractivity contribution < 1.29 is 4.79 Å². The van der Waals surface area contributed by atoms with E-state index in [1.54, 1.807) is 24.3 Å². The number of aryl methyl sites for hydroxylation is 1. The molecule has 0 saturated heterocycles. The Morgan fingerprint density at radius 1 is 1.13 bits per heavy atom. The van der Waals surface area contributed by atoms with Gasteiger partial charge in [0.15, 0.2) is 0 Å². The summed E-state index contributed by atoms with van der Waals surface area (Å²) in [6.07, 6.45) is 0.433. The number of nitrogens with zero attached hydrogens (tertiary/aromatic N) is 2. The molecule has 2 rings (SSSR count). The van der Waals surface area contributed by atoms with E-state index >= 15 is 0 Å². The number of anilines is 1. The van der Waals surface area contributed by atoms with E-state index in [0.717, 1.165) is 12.2 Å². The SMILES string of the molecule is Cc1ccc(CN(C)CCC(=O)Nc2ccc(C#N)cc2)cc1. The van der Waals surface area contributed by atoms with Gasteiger partial charge in [-0.25, -0.2) is 0 Å². The Bertz CT molecular complexity index is 684. The molecule has 0 aliphatic rings. The molecule has 0 fully saturated rings. The molecule has 1 N–H and O–H groups in total. The molecule has 0 saturated carbocycles. The molecule has 0 aliphatic carbocycles. The van der Waals surface area contributed by atoms with Crippen molar-refractivity contribution in [3.63, 3.8) is 0 Å². The largest absolute Gasteiger partial charge is 0.326 e. The van der Waals surface area contributed by atoms with E-state index in [2.05, 4.69) is 47.5 Å². The van der Waals surface area contributed by atoms with Gasteiger partial charge in [0.25, 0.3) is 0 Å². The molecule has 0 aromatic heterocycles. The lowest BCUT2D eigenvalue weighted by Gasteiger charge is -2.16. The Morgan fingerprint density at radius 2 is 1.78 bits per heavy atom. The predicted molar refractivity (Wildman–Crippen MR) is 91.9 cm³/mol. The minimum atomic E-state index is -0.0227. The smallest absolute Gasteiger partial charge is 0.225 e. The van der Waals surface area contributed by atoms with Crippen molar-refractivity contribution in [2.24, 2.45) is 0 Å². The fourth-order valence-corrected chi connectivity index (χ4v) is 2.23. The summed E-state index contributed by atoms with van der Waals surface area (Å²) in [6, 6.07) is 17.4. The molecule has 4 heteroatoms. The van der Waals surface area contributed by atoms with Gasteiger partial charge in [-0.3, -0.25) is 4.79 Å². The van der Waals surface area contributed by atoms with E-state index in [1.165, 1.54) is 11.1 Å². The minimum Gasteiger partial charge on any atom is -0.326 e. The average molecular weight is 307 g/mol. The molecule has 2 aromatic carbocycles. The summed E-state index contributed by atoms with van der Waals surface area (Å²) in [5, 5.41) is 11.6. The van der Waals surface area contributed by atoms with Crippen LogP contribution in [0.2, 0.25) is 0 Å². The van der Waals surface area contributed by atoms with Gasteiger partial charge in [-0.2, -0.15) is 5.26 Å². The number of benzene rings is 2. The molecule has 0 radical (unpaired) electrons. The first-order valence-corrected chi connectivity index (χ1v) is 7.61. The van der Waals surface area contributed by atoms with Crippen LogP contribution < -0.4 is 5.32 Å². The molecular weight excluding hydrogens is 286 g/mol. The quantitative estimate of drug-likeness (QED) is 0.890. The third kappa shape index (κ3) is 5.57. The highest BCUT2D eigenvalue weighted by Crippen LogP contribution is 2.10. The highest BCUT2D eigenvalue weighted by atomic mass is 16.1. The lowest BCUT2D eigenvalue weighted by atomic mass is 10.1. The second-order valence-corrected chi connectivity index (χ2v) is 5.71. The minimum absolute atomic E-state index is 0.0227. The molecule has 0 spiro atoms. The molecule has 1 amide bonds. The first-order chi connectivity index (χ1) is 11.1. The van der Waals surface area contributed by atoms with Gasteiger partial charge < -0.3 is 10.2 Å². The van der Waals surface area contributed by atoms with Crippen LogP contribution >= 0.6 is 0 Å². The normalized spacial score (nSPS) is 10.3. The second kappa shape index (κ2) is 8.11. The van der Waals surface area contributed by atoms with E-state index in [9.17, 15) is 4.79 Å². The Labute approximate surface area is 137 Å². The number of hydrogen-bond donors (Lipinski definition) is 1. The van der Waals surface area contributed by atoms with E-state index in [0.29, 0.717) is 18.5 Å². The molecule has 0 bridgehead atoms. The van der Waals surface area contributed by atoms with E-state index in [4.69, 9.17) is 5.26 Å². The molecule has 4 nitrogen and oxygen atoms in total. The van der Waals surface area contributed by atoms with Crippen LogP contribution in [-0.2, 0) is 11.3 Å². The molecule has 23 heavy (non-hydrogen) atoms. The number of nitrogens with one attached hydrogen (secondary N) is 1. The van der Waals surface area contributed by atoms with Gasteiger partial charge >= 0.3 is 0 Å². The topological polar surface area (TPSA) is 56.1 Å². The van der Waals surface area contributed by atoms with Crippen LogP contribution in [0.3, 0.4) is 0 Å². The van der Waals surface area contributed by atoms with Gasteiger partial charge in [0.1, 0.15) is 0 Å². The first-order valence-electron chi connectivity index (χ1n) is 7.61. The Morgan fingerprint density at radius 3 is 2.39 bits per heavy atom. The van der Waals surface area contributed by atoms with Crippen LogP contribution in [0.4, 0.5) is 5.69 Å². The average Bonchev–Trinajstić information content (AvgIpc) is 2.56. The third-order valence-electron chi connectivity index (χ3n) is 3.59. The van der Waals surface area contributed by atoms with Crippen molar-refractivity contribution >= 4 is 11.6 Å². The first kappa shape index (κ1) is 16.7. The Kier molecular flexibility index (Phi) is 5.90. The van der Waals surface area contributed by atoms with Gasteiger partial charge in [-0.15, -0.1) is 0 Å². The Balaban J connectivity index is 1.76. The Hall–Kier alpha value is -2.64. The van der Waals surface area contributed by atoms with Crippen LogP contribution in [0.15, 0.2) is 48.5 Å². The summed E-state index contributed by atoms with van der Waals surface area (Å²) in [7, 11) is 2.01. The van der Waals surface area contributed by atoms with Crippen molar-refractivity contribution in [2.75, 3.05) is 18.9 Å². The van der Waals surface area contributed by atoms with Crippen molar-refractivity contribution in [3.05, 3.63) is 65.2 Å². The van der Waals surface area contributed by atoms with E-state index in [-0.39, 0.29) is 5.91 Å². The maximum absolute atomic E-state index is 12.0. The van der Waals surface area contributed by atoms with Crippen LogP contribution in [0.1, 0.15) is 23.1 Å². The number of nitriles is 1. The molecule has 0 unspecified atom stereocenters. The van der Waals surface area contributed by atoms with Crippen LogP contribution in [0, 0.1) is 18.3 Å². The van der Waals surface area contributed by atoms with Crippen molar-refractivity contribution in [3.8, 4) is 6.07 Å². The number of hydrogen-bond acceptors (Lipinski definition) is 3. The van der Waals surface area contributed by atoms with Crippen molar-refractivity contribution in [2.45, 2.75) is 19.9 Å². The standard InChI is InChI=1S/C19H21N3O/c1-15-3-5-17(6-4-15)14-22(2)12-11-19(23)21-18-9-7-16(13-20)8-10-18/h3-10H,11-12,14H2,1-2H3,(H,21,23). The van der Waals surface area contributed by atoms with Crippen LogP contribution in [0.25, 0.3) is 0 Å². The number of carbonyl (C=O) groups is 1. The monoisotopic (exact) mass is 307 g/mol. The fraction of sp³-hybridized carbons (Fsp3) is 0.263. The summed E-state index contributed by atoms with van der Waals surface area (Å²) >= 11 is 0. The zero-order valence-corrected chi connectivity index (χ0v) is 13.5. The highest BCUT2D eigenvalue weighted by Gasteiger charge is 2.06. The highest BCUT2D eigenvalue weighted by molar-refractivity contribution is 5.90. The lowest BCUT2D eigenvalue weighted by Crippen LogP contribution is -2.24.